The third-order valence-electron chi connectivity index (χ3n) is 9.93. The van der Waals surface area contributed by atoms with Crippen molar-refractivity contribution in [3.63, 3.8) is 0 Å². The molecule has 0 aromatic rings. The van der Waals surface area contributed by atoms with E-state index >= 15 is 0 Å². The molecule has 6 N–H and O–H groups in total. The summed E-state index contributed by atoms with van der Waals surface area (Å²) < 4.78 is 21.6. The minimum absolute atomic E-state index is 0.0131. The molecule has 0 saturated carbocycles. The molecule has 0 bridgehead atoms. The molecular formula is C49H88N6O13. The average Bonchev–Trinajstić information content (AvgIpc) is 3.17. The van der Waals surface area contributed by atoms with Gasteiger partial charge in [-0.3, -0.25) is 24.0 Å². The topological polar surface area (TPSA) is 263 Å². The van der Waals surface area contributed by atoms with Crippen molar-refractivity contribution in [2.24, 2.45) is 35.5 Å². The van der Waals surface area contributed by atoms with Crippen LogP contribution in [0.1, 0.15) is 163 Å². The van der Waals surface area contributed by atoms with Crippen LogP contribution in [0.3, 0.4) is 0 Å². The Kier molecular flexibility index (Phi) is 28.3. The summed E-state index contributed by atoms with van der Waals surface area (Å²) in [5.74, 6) is -6.34. The van der Waals surface area contributed by atoms with Gasteiger partial charge in [0.1, 0.15) is 41.9 Å². The van der Waals surface area contributed by atoms with Crippen LogP contribution in [0.2, 0.25) is 0 Å². The van der Waals surface area contributed by atoms with E-state index in [4.69, 9.17) is 18.9 Å². The molecule has 0 fully saturated rings. The summed E-state index contributed by atoms with van der Waals surface area (Å²) in [5.41, 5.74) is -0.813. The standard InChI is InChI=1S/C49H88N6O13/c1-19-65-45(61)37(23-29(8)9)52-42(58)34(20-26(2)3)50-40(56)32(14)66-46(62)38(24-30(10)11)53-43(59)35(21-27(4)5)51-41(57)33(15)67-47(63)39(25-31(12)13)54-44(60)36(22-28(6)7)55-48(64)68-49(16,17)18/h26-39H,19-25H2,1-18H3,(H,50,56)(H,51,57)(H,52,58)(H,53,59)(H,54,60)(H,55,64)/t32-,33-,34-,35-,36-,37-,38-,39-/m0/s1. The largest absolute Gasteiger partial charge is 0.464 e. The van der Waals surface area contributed by atoms with Gasteiger partial charge in [-0.15, -0.1) is 0 Å². The summed E-state index contributed by atoms with van der Waals surface area (Å²) in [6, 6.07) is -6.67. The van der Waals surface area contributed by atoms with E-state index in [0.29, 0.717) is 6.42 Å². The van der Waals surface area contributed by atoms with Crippen molar-refractivity contribution in [1.29, 1.82) is 0 Å². The number of amides is 6. The van der Waals surface area contributed by atoms with Gasteiger partial charge in [0, 0.05) is 0 Å². The lowest BCUT2D eigenvalue weighted by Crippen LogP contribution is -2.56. The second kappa shape index (κ2) is 30.5. The molecule has 8 atom stereocenters. The number of hydrogen-bond acceptors (Lipinski definition) is 13. The van der Waals surface area contributed by atoms with Gasteiger partial charge in [0.25, 0.3) is 11.8 Å². The van der Waals surface area contributed by atoms with Gasteiger partial charge in [0.05, 0.1) is 6.61 Å². The van der Waals surface area contributed by atoms with Gasteiger partial charge >= 0.3 is 24.0 Å². The van der Waals surface area contributed by atoms with Crippen molar-refractivity contribution in [2.75, 3.05) is 6.61 Å². The van der Waals surface area contributed by atoms with Crippen LogP contribution >= 0.6 is 0 Å². The first-order valence-corrected chi connectivity index (χ1v) is 24.3. The van der Waals surface area contributed by atoms with Crippen molar-refractivity contribution < 1.29 is 62.1 Å². The van der Waals surface area contributed by atoms with Crippen LogP contribution in [0.4, 0.5) is 4.79 Å². The second-order valence-corrected chi connectivity index (χ2v) is 21.2. The number of esters is 3. The van der Waals surface area contributed by atoms with Crippen LogP contribution in [0, 0.1) is 35.5 Å². The quantitative estimate of drug-likeness (QED) is 0.0426. The summed E-state index contributed by atoms with van der Waals surface area (Å²) in [7, 11) is 0. The highest BCUT2D eigenvalue weighted by Crippen LogP contribution is 2.16. The maximum atomic E-state index is 13.9. The van der Waals surface area contributed by atoms with Gasteiger partial charge < -0.3 is 50.8 Å². The lowest BCUT2D eigenvalue weighted by Gasteiger charge is -2.28. The predicted molar refractivity (Wildman–Crippen MR) is 257 cm³/mol. The Morgan fingerprint density at radius 1 is 0.368 bits per heavy atom. The molecule has 19 nitrogen and oxygen atoms in total. The average molecular weight is 969 g/mol. The van der Waals surface area contributed by atoms with Gasteiger partial charge in [-0.25, -0.2) is 19.2 Å². The van der Waals surface area contributed by atoms with Gasteiger partial charge in [-0.05, 0) is 116 Å². The fraction of sp³-hybridized carbons (Fsp3) is 0.816. The van der Waals surface area contributed by atoms with Crippen LogP contribution in [-0.4, -0.2) is 114 Å². The van der Waals surface area contributed by atoms with E-state index in [0.717, 1.165) is 0 Å². The highest BCUT2D eigenvalue weighted by Gasteiger charge is 2.36. The van der Waals surface area contributed by atoms with E-state index in [9.17, 15) is 43.2 Å². The summed E-state index contributed by atoms with van der Waals surface area (Å²) in [6.45, 7) is 31.7. The monoisotopic (exact) mass is 969 g/mol. The Morgan fingerprint density at radius 2 is 0.618 bits per heavy atom. The Bertz CT molecular complexity index is 1660. The highest BCUT2D eigenvalue weighted by molar-refractivity contribution is 5.95. The normalized spacial score (nSPS) is 15.3. The fourth-order valence-corrected chi connectivity index (χ4v) is 6.87. The van der Waals surface area contributed by atoms with E-state index in [-0.39, 0.29) is 74.2 Å². The first-order valence-electron chi connectivity index (χ1n) is 24.3. The van der Waals surface area contributed by atoms with Crippen LogP contribution in [0.15, 0.2) is 0 Å². The summed E-state index contributed by atoms with van der Waals surface area (Å²) >= 11 is 0. The third kappa shape index (κ3) is 26.5. The zero-order valence-corrected chi connectivity index (χ0v) is 44.3. The molecule has 0 spiro atoms. The van der Waals surface area contributed by atoms with Crippen molar-refractivity contribution >= 4 is 53.5 Å². The zero-order valence-electron chi connectivity index (χ0n) is 44.3. The SMILES string of the molecule is CCOC(=O)[C@H](CC(C)C)NC(=O)[C@H](CC(C)C)NC(=O)[C@H](C)OC(=O)[C@H](CC(C)C)NC(=O)[C@H](CC(C)C)NC(=O)[C@H](C)OC(=O)[C@H](CC(C)C)NC(=O)[C@H](CC(C)C)NC(=O)OC(C)(C)C. The van der Waals surface area contributed by atoms with E-state index in [1.807, 2.05) is 83.1 Å². The number of ether oxygens (including phenoxy) is 4. The zero-order chi connectivity index (χ0) is 52.8. The first kappa shape index (κ1) is 63.0. The molecule has 0 aliphatic carbocycles. The van der Waals surface area contributed by atoms with Crippen molar-refractivity contribution in [3.05, 3.63) is 0 Å². The molecule has 0 saturated heterocycles. The summed E-state index contributed by atoms with van der Waals surface area (Å²) in [6.07, 6.45) is -2.47. The molecule has 0 aliphatic rings. The Balaban J connectivity index is 6.14. The van der Waals surface area contributed by atoms with Gasteiger partial charge in [0.15, 0.2) is 12.2 Å². The van der Waals surface area contributed by atoms with Crippen molar-refractivity contribution in [1.82, 2.24) is 31.9 Å². The van der Waals surface area contributed by atoms with Gasteiger partial charge in [-0.2, -0.15) is 0 Å². The molecule has 0 aliphatic heterocycles. The van der Waals surface area contributed by atoms with Gasteiger partial charge in [-0.1, -0.05) is 83.1 Å². The fourth-order valence-electron chi connectivity index (χ4n) is 6.87. The molecule has 6 amide bonds. The molecule has 0 aromatic carbocycles. The Morgan fingerprint density at radius 3 is 0.882 bits per heavy atom. The van der Waals surface area contributed by atoms with E-state index < -0.39 is 108 Å². The Hall–Kier alpha value is -4.97. The molecule has 0 aromatic heterocycles. The minimum Gasteiger partial charge on any atom is -0.464 e. The number of carbonyl (C=O) groups excluding carboxylic acids is 9. The van der Waals surface area contributed by atoms with E-state index in [1.165, 1.54) is 13.8 Å². The summed E-state index contributed by atoms with van der Waals surface area (Å²) in [4.78, 5) is 120. The lowest BCUT2D eigenvalue weighted by molar-refractivity contribution is -0.159. The minimum atomic E-state index is -1.42. The molecule has 0 rings (SSSR count). The molecule has 0 radical (unpaired) electrons. The molecule has 68 heavy (non-hydrogen) atoms. The molecule has 0 unspecified atom stereocenters. The smallest absolute Gasteiger partial charge is 0.408 e. The number of rotatable bonds is 29. The molecular weight excluding hydrogens is 881 g/mol. The third-order valence-corrected chi connectivity index (χ3v) is 9.93. The predicted octanol–water partition coefficient (Wildman–Crippen LogP) is 5.01. The summed E-state index contributed by atoms with van der Waals surface area (Å²) in [5, 5.41) is 15.9. The number of hydrogen-bond donors (Lipinski definition) is 6. The Labute approximate surface area is 405 Å². The van der Waals surface area contributed by atoms with Crippen molar-refractivity contribution in [3.8, 4) is 0 Å². The van der Waals surface area contributed by atoms with Gasteiger partial charge in [0.2, 0.25) is 17.7 Å². The highest BCUT2D eigenvalue weighted by atomic mass is 16.6. The van der Waals surface area contributed by atoms with Crippen molar-refractivity contribution in [2.45, 2.75) is 217 Å². The van der Waals surface area contributed by atoms with Crippen LogP contribution in [-0.2, 0) is 57.3 Å². The molecule has 0 heterocycles. The number of alkyl carbamates (subject to hydrolysis) is 1. The van der Waals surface area contributed by atoms with Crippen LogP contribution in [0.5, 0.6) is 0 Å². The maximum Gasteiger partial charge on any atom is 0.408 e. The first-order chi connectivity index (χ1) is 31.3. The van der Waals surface area contributed by atoms with Crippen LogP contribution < -0.4 is 31.9 Å². The van der Waals surface area contributed by atoms with E-state index in [1.54, 1.807) is 27.7 Å². The second-order valence-electron chi connectivity index (χ2n) is 21.2. The van der Waals surface area contributed by atoms with E-state index in [2.05, 4.69) is 31.9 Å². The lowest BCUT2D eigenvalue weighted by atomic mass is 10.00. The maximum absolute atomic E-state index is 13.9. The van der Waals surface area contributed by atoms with Crippen LogP contribution in [0.25, 0.3) is 0 Å². The molecule has 392 valence electrons. The number of nitrogens with one attached hydrogen (secondary N) is 6. The number of carbonyl (C=O) groups is 9. The molecule has 19 heteroatoms.